The Bertz CT molecular complexity index is 569. The van der Waals surface area contributed by atoms with Gasteiger partial charge in [-0.2, -0.15) is 0 Å². The second-order valence-electron chi connectivity index (χ2n) is 7.40. The van der Waals surface area contributed by atoms with Crippen molar-refractivity contribution in [2.75, 3.05) is 18.4 Å². The van der Waals surface area contributed by atoms with E-state index in [0.29, 0.717) is 25.0 Å². The number of aryl methyl sites for hydroxylation is 1. The lowest BCUT2D eigenvalue weighted by Gasteiger charge is -2.38. The molecule has 2 atom stereocenters. The third-order valence-corrected chi connectivity index (χ3v) is 4.32. The van der Waals surface area contributed by atoms with Gasteiger partial charge in [-0.15, -0.1) is 0 Å². The number of piperidine rings is 1. The maximum Gasteiger partial charge on any atom is 0.410 e. The Hall–Kier alpha value is -1.42. The molecule has 4 nitrogen and oxygen atoms in total. The predicted molar refractivity (Wildman–Crippen MR) is 95.2 cm³/mol. The van der Waals surface area contributed by atoms with Crippen molar-refractivity contribution < 1.29 is 9.53 Å². The van der Waals surface area contributed by atoms with Crippen molar-refractivity contribution in [3.63, 3.8) is 0 Å². The van der Waals surface area contributed by atoms with E-state index >= 15 is 0 Å². The van der Waals surface area contributed by atoms with Gasteiger partial charge in [-0.05, 0) is 63.8 Å². The van der Waals surface area contributed by atoms with Gasteiger partial charge in [0.15, 0.2) is 0 Å². The topological polar surface area (TPSA) is 41.6 Å². The molecule has 1 saturated heterocycles. The minimum absolute atomic E-state index is 0.217. The minimum atomic E-state index is -0.449. The highest BCUT2D eigenvalue weighted by Crippen LogP contribution is 2.26. The van der Waals surface area contributed by atoms with Crippen LogP contribution in [0.2, 0.25) is 5.02 Å². The number of benzene rings is 1. The van der Waals surface area contributed by atoms with Crippen LogP contribution in [0.5, 0.6) is 0 Å². The third kappa shape index (κ3) is 5.03. The van der Waals surface area contributed by atoms with Crippen molar-refractivity contribution in [3.05, 3.63) is 28.8 Å². The molecule has 23 heavy (non-hydrogen) atoms. The molecule has 1 aliphatic rings. The molecule has 0 aromatic heterocycles. The quantitative estimate of drug-likeness (QED) is 0.849. The normalized spacial score (nSPS) is 21.9. The van der Waals surface area contributed by atoms with E-state index in [1.54, 1.807) is 0 Å². The number of nitrogens with zero attached hydrogens (tertiary/aromatic N) is 1. The van der Waals surface area contributed by atoms with Gasteiger partial charge in [0.05, 0.1) is 0 Å². The van der Waals surface area contributed by atoms with Crippen LogP contribution in [-0.4, -0.2) is 35.7 Å². The zero-order valence-electron chi connectivity index (χ0n) is 14.6. The van der Waals surface area contributed by atoms with Crippen molar-refractivity contribution in [2.24, 2.45) is 5.92 Å². The highest BCUT2D eigenvalue weighted by atomic mass is 35.5. The van der Waals surface area contributed by atoms with Crippen LogP contribution in [0.4, 0.5) is 10.5 Å². The van der Waals surface area contributed by atoms with Gasteiger partial charge in [-0.25, -0.2) is 4.79 Å². The first-order chi connectivity index (χ1) is 10.7. The molecule has 1 aliphatic heterocycles. The number of carbonyl (C=O) groups is 1. The molecule has 0 unspecified atom stereocenters. The SMILES string of the molecule is Cc1cc(Cl)ccc1N[C@H]1CCN(C(=O)OC(C)(C)C)C[C@@H]1C. The summed E-state index contributed by atoms with van der Waals surface area (Å²) in [5.41, 5.74) is 1.80. The second-order valence-corrected chi connectivity index (χ2v) is 7.84. The fraction of sp³-hybridized carbons (Fsp3) is 0.611. The summed E-state index contributed by atoms with van der Waals surface area (Å²) in [4.78, 5) is 14.0. The molecule has 0 spiro atoms. The Balaban J connectivity index is 1.95. The van der Waals surface area contributed by atoms with Crippen molar-refractivity contribution in [1.82, 2.24) is 4.90 Å². The number of likely N-dealkylation sites (tertiary alicyclic amines) is 1. The van der Waals surface area contributed by atoms with E-state index in [9.17, 15) is 4.79 Å². The molecular formula is C18H27ClN2O2. The molecule has 1 heterocycles. The summed E-state index contributed by atoms with van der Waals surface area (Å²) >= 11 is 6.01. The van der Waals surface area contributed by atoms with E-state index in [-0.39, 0.29) is 6.09 Å². The van der Waals surface area contributed by atoms with Gasteiger partial charge in [0, 0.05) is 29.8 Å². The monoisotopic (exact) mass is 338 g/mol. The molecule has 0 aliphatic carbocycles. The first-order valence-electron chi connectivity index (χ1n) is 8.16. The van der Waals surface area contributed by atoms with Gasteiger partial charge in [-0.3, -0.25) is 0 Å². The average molecular weight is 339 g/mol. The van der Waals surface area contributed by atoms with E-state index < -0.39 is 5.60 Å². The first-order valence-corrected chi connectivity index (χ1v) is 8.54. The standard InChI is InChI=1S/C18H27ClN2O2/c1-12-10-14(19)6-7-15(12)20-16-8-9-21(11-13(16)2)17(22)23-18(3,4)5/h6-7,10,13,16,20H,8-9,11H2,1-5H3/t13-,16-/m0/s1. The summed E-state index contributed by atoms with van der Waals surface area (Å²) in [6.07, 6.45) is 0.688. The maximum absolute atomic E-state index is 12.2. The molecule has 1 N–H and O–H groups in total. The zero-order chi connectivity index (χ0) is 17.2. The Morgan fingerprint density at radius 1 is 1.39 bits per heavy atom. The van der Waals surface area contributed by atoms with Gasteiger partial charge >= 0.3 is 6.09 Å². The Kier molecular flexibility index (Phi) is 5.45. The fourth-order valence-corrected chi connectivity index (χ4v) is 3.07. The van der Waals surface area contributed by atoms with Crippen LogP contribution in [0.1, 0.15) is 39.7 Å². The van der Waals surface area contributed by atoms with Crippen LogP contribution in [0.25, 0.3) is 0 Å². The molecule has 1 aromatic rings. The number of ether oxygens (including phenoxy) is 1. The van der Waals surface area contributed by atoms with Crippen molar-refractivity contribution in [1.29, 1.82) is 0 Å². The van der Waals surface area contributed by atoms with E-state index in [1.807, 2.05) is 43.9 Å². The summed E-state index contributed by atoms with van der Waals surface area (Å²) < 4.78 is 5.46. The number of anilines is 1. The molecule has 5 heteroatoms. The van der Waals surface area contributed by atoms with Crippen LogP contribution in [0, 0.1) is 12.8 Å². The number of rotatable bonds is 2. The lowest BCUT2D eigenvalue weighted by Crippen LogP contribution is -2.49. The van der Waals surface area contributed by atoms with Crippen LogP contribution >= 0.6 is 11.6 Å². The Morgan fingerprint density at radius 3 is 2.65 bits per heavy atom. The molecule has 1 fully saturated rings. The first kappa shape index (κ1) is 17.9. The lowest BCUT2D eigenvalue weighted by atomic mass is 9.93. The number of hydrogen-bond donors (Lipinski definition) is 1. The Morgan fingerprint density at radius 2 is 2.09 bits per heavy atom. The number of hydrogen-bond acceptors (Lipinski definition) is 3. The summed E-state index contributed by atoms with van der Waals surface area (Å²) in [7, 11) is 0. The maximum atomic E-state index is 12.2. The summed E-state index contributed by atoms with van der Waals surface area (Å²) in [6, 6.07) is 6.22. The van der Waals surface area contributed by atoms with Crippen LogP contribution < -0.4 is 5.32 Å². The van der Waals surface area contributed by atoms with E-state index in [4.69, 9.17) is 16.3 Å². The fourth-order valence-electron chi connectivity index (χ4n) is 2.84. The number of carbonyl (C=O) groups excluding carboxylic acids is 1. The van der Waals surface area contributed by atoms with Crippen LogP contribution in [-0.2, 0) is 4.74 Å². The van der Waals surface area contributed by atoms with Gasteiger partial charge in [0.25, 0.3) is 0 Å². The van der Waals surface area contributed by atoms with E-state index in [2.05, 4.69) is 19.2 Å². The molecule has 0 radical (unpaired) electrons. The number of amides is 1. The molecule has 0 bridgehead atoms. The van der Waals surface area contributed by atoms with Crippen LogP contribution in [0.15, 0.2) is 18.2 Å². The van der Waals surface area contributed by atoms with E-state index in [0.717, 1.165) is 22.7 Å². The Labute approximate surface area is 144 Å². The molecule has 1 amide bonds. The number of halogens is 1. The molecule has 2 rings (SSSR count). The minimum Gasteiger partial charge on any atom is -0.444 e. The highest BCUT2D eigenvalue weighted by molar-refractivity contribution is 6.30. The summed E-state index contributed by atoms with van der Waals surface area (Å²) in [6.45, 7) is 11.3. The van der Waals surface area contributed by atoms with Gasteiger partial charge in [-0.1, -0.05) is 18.5 Å². The lowest BCUT2D eigenvalue weighted by molar-refractivity contribution is 0.0165. The summed E-state index contributed by atoms with van der Waals surface area (Å²) in [5.74, 6) is 0.353. The van der Waals surface area contributed by atoms with E-state index in [1.165, 1.54) is 0 Å². The smallest absolute Gasteiger partial charge is 0.410 e. The average Bonchev–Trinajstić information content (AvgIpc) is 2.41. The highest BCUT2D eigenvalue weighted by Gasteiger charge is 2.31. The second kappa shape index (κ2) is 7.00. The zero-order valence-corrected chi connectivity index (χ0v) is 15.4. The molecule has 0 saturated carbocycles. The van der Waals surface area contributed by atoms with Crippen molar-refractivity contribution in [2.45, 2.75) is 52.7 Å². The number of nitrogens with one attached hydrogen (secondary N) is 1. The van der Waals surface area contributed by atoms with Crippen molar-refractivity contribution >= 4 is 23.4 Å². The predicted octanol–water partition coefficient (Wildman–Crippen LogP) is 4.71. The van der Waals surface area contributed by atoms with Gasteiger partial charge < -0.3 is 15.0 Å². The molecule has 1 aromatic carbocycles. The van der Waals surface area contributed by atoms with Crippen molar-refractivity contribution in [3.8, 4) is 0 Å². The van der Waals surface area contributed by atoms with Gasteiger partial charge in [0.2, 0.25) is 0 Å². The molecule has 128 valence electrons. The van der Waals surface area contributed by atoms with Gasteiger partial charge in [0.1, 0.15) is 5.60 Å². The third-order valence-electron chi connectivity index (χ3n) is 4.09. The summed E-state index contributed by atoms with van der Waals surface area (Å²) in [5, 5.41) is 4.35. The van der Waals surface area contributed by atoms with Crippen LogP contribution in [0.3, 0.4) is 0 Å². The largest absolute Gasteiger partial charge is 0.444 e. The molecular weight excluding hydrogens is 312 g/mol.